The zero-order chi connectivity index (χ0) is 16.9. The largest absolute Gasteiger partial charge is 0.462 e. The standard InChI is InChI=1S/C20H20N2O2/c1-2-24-20(23)17-13-18(21)22(14-15-9-5-3-6-10-15)19(17)16-11-7-4-8-12-16/h3-13H,2,14,21H2,1H3. The number of hydrogen-bond acceptors (Lipinski definition) is 3. The lowest BCUT2D eigenvalue weighted by Crippen LogP contribution is -2.09. The van der Waals surface area contributed by atoms with Crippen molar-refractivity contribution in [2.75, 3.05) is 12.3 Å². The van der Waals surface area contributed by atoms with Crippen LogP contribution in [-0.2, 0) is 11.3 Å². The number of carbonyl (C=O) groups is 1. The van der Waals surface area contributed by atoms with Crippen molar-refractivity contribution in [3.63, 3.8) is 0 Å². The molecule has 0 fully saturated rings. The van der Waals surface area contributed by atoms with Crippen molar-refractivity contribution in [3.05, 3.63) is 77.9 Å². The lowest BCUT2D eigenvalue weighted by molar-refractivity contribution is 0.0527. The minimum Gasteiger partial charge on any atom is -0.462 e. The summed E-state index contributed by atoms with van der Waals surface area (Å²) >= 11 is 0. The molecule has 0 saturated carbocycles. The molecule has 0 radical (unpaired) electrons. The summed E-state index contributed by atoms with van der Waals surface area (Å²) in [5.74, 6) is 0.190. The van der Waals surface area contributed by atoms with Gasteiger partial charge in [0.05, 0.1) is 17.9 Å². The smallest absolute Gasteiger partial charge is 0.340 e. The predicted molar refractivity (Wildman–Crippen MR) is 95.8 cm³/mol. The van der Waals surface area contributed by atoms with Gasteiger partial charge in [0, 0.05) is 6.54 Å². The van der Waals surface area contributed by atoms with Crippen LogP contribution in [0.1, 0.15) is 22.8 Å². The van der Waals surface area contributed by atoms with Gasteiger partial charge in [0.15, 0.2) is 0 Å². The van der Waals surface area contributed by atoms with Gasteiger partial charge in [-0.3, -0.25) is 0 Å². The maximum atomic E-state index is 12.4. The molecule has 0 aliphatic carbocycles. The monoisotopic (exact) mass is 320 g/mol. The number of carbonyl (C=O) groups excluding carboxylic acids is 1. The Kier molecular flexibility index (Phi) is 4.66. The van der Waals surface area contributed by atoms with E-state index in [1.807, 2.05) is 65.2 Å². The molecule has 4 nitrogen and oxygen atoms in total. The normalized spacial score (nSPS) is 10.5. The molecule has 24 heavy (non-hydrogen) atoms. The molecule has 0 atom stereocenters. The van der Waals surface area contributed by atoms with Gasteiger partial charge in [0.25, 0.3) is 0 Å². The van der Waals surface area contributed by atoms with Gasteiger partial charge in [-0.15, -0.1) is 0 Å². The van der Waals surface area contributed by atoms with Crippen molar-refractivity contribution in [2.24, 2.45) is 0 Å². The molecule has 0 saturated heterocycles. The first-order valence-electron chi connectivity index (χ1n) is 7.96. The first-order chi connectivity index (χ1) is 11.7. The van der Waals surface area contributed by atoms with Crippen LogP contribution < -0.4 is 5.73 Å². The molecule has 1 aromatic heterocycles. The van der Waals surface area contributed by atoms with Crippen LogP contribution in [0.5, 0.6) is 0 Å². The van der Waals surface area contributed by atoms with Crippen molar-refractivity contribution in [3.8, 4) is 11.3 Å². The fourth-order valence-corrected chi connectivity index (χ4v) is 2.78. The Hall–Kier alpha value is -3.01. The molecule has 0 spiro atoms. The summed E-state index contributed by atoms with van der Waals surface area (Å²) in [6.45, 7) is 2.72. The highest BCUT2D eigenvalue weighted by atomic mass is 16.5. The molecule has 0 bridgehead atoms. The molecule has 3 rings (SSSR count). The van der Waals surface area contributed by atoms with E-state index in [0.29, 0.717) is 24.5 Å². The number of nitrogen functional groups attached to an aromatic ring is 1. The van der Waals surface area contributed by atoms with Crippen LogP contribution >= 0.6 is 0 Å². The van der Waals surface area contributed by atoms with E-state index in [4.69, 9.17) is 10.5 Å². The summed E-state index contributed by atoms with van der Waals surface area (Å²) in [6, 6.07) is 21.5. The summed E-state index contributed by atoms with van der Waals surface area (Å²) in [5, 5.41) is 0. The molecule has 0 aliphatic rings. The van der Waals surface area contributed by atoms with Crippen molar-refractivity contribution >= 4 is 11.8 Å². The van der Waals surface area contributed by atoms with Gasteiger partial charge in [0.2, 0.25) is 0 Å². The lowest BCUT2D eigenvalue weighted by Gasteiger charge is -2.13. The van der Waals surface area contributed by atoms with Crippen LogP contribution in [0, 0.1) is 0 Å². The zero-order valence-electron chi connectivity index (χ0n) is 13.6. The van der Waals surface area contributed by atoms with Crippen LogP contribution in [-0.4, -0.2) is 17.1 Å². The van der Waals surface area contributed by atoms with E-state index >= 15 is 0 Å². The second-order valence-electron chi connectivity index (χ2n) is 5.49. The first kappa shape index (κ1) is 15.9. The van der Waals surface area contributed by atoms with E-state index in [2.05, 4.69) is 0 Å². The lowest BCUT2D eigenvalue weighted by atomic mass is 10.1. The molecule has 122 valence electrons. The molecule has 4 heteroatoms. The van der Waals surface area contributed by atoms with E-state index in [1.165, 1.54) is 0 Å². The van der Waals surface area contributed by atoms with Gasteiger partial charge in [0.1, 0.15) is 5.82 Å². The molecule has 2 aromatic carbocycles. The average Bonchev–Trinajstić information content (AvgIpc) is 2.93. The molecule has 3 aromatic rings. The maximum absolute atomic E-state index is 12.4. The van der Waals surface area contributed by atoms with Crippen LogP contribution in [0.15, 0.2) is 66.7 Å². The number of benzene rings is 2. The van der Waals surface area contributed by atoms with Crippen molar-refractivity contribution in [2.45, 2.75) is 13.5 Å². The highest BCUT2D eigenvalue weighted by Gasteiger charge is 2.21. The minimum atomic E-state index is -0.352. The van der Waals surface area contributed by atoms with Crippen LogP contribution in [0.2, 0.25) is 0 Å². The number of nitrogens with zero attached hydrogens (tertiary/aromatic N) is 1. The summed E-state index contributed by atoms with van der Waals surface area (Å²) in [4.78, 5) is 12.4. The summed E-state index contributed by atoms with van der Waals surface area (Å²) in [5.41, 5.74) is 9.56. The Morgan fingerprint density at radius 1 is 1.04 bits per heavy atom. The van der Waals surface area contributed by atoms with Gasteiger partial charge >= 0.3 is 5.97 Å². The van der Waals surface area contributed by atoms with Gasteiger partial charge in [-0.25, -0.2) is 4.79 Å². The van der Waals surface area contributed by atoms with Gasteiger partial charge < -0.3 is 15.0 Å². The summed E-state index contributed by atoms with van der Waals surface area (Å²) in [6.07, 6.45) is 0. The topological polar surface area (TPSA) is 57.2 Å². The molecular formula is C20H20N2O2. The number of nitrogens with two attached hydrogens (primary N) is 1. The van der Waals surface area contributed by atoms with Crippen molar-refractivity contribution < 1.29 is 9.53 Å². The number of rotatable bonds is 5. The van der Waals surface area contributed by atoms with Crippen molar-refractivity contribution in [1.29, 1.82) is 0 Å². The molecule has 2 N–H and O–H groups in total. The molecule has 0 amide bonds. The van der Waals surface area contributed by atoms with Crippen molar-refractivity contribution in [1.82, 2.24) is 4.57 Å². The van der Waals surface area contributed by atoms with E-state index in [0.717, 1.165) is 16.8 Å². The zero-order valence-corrected chi connectivity index (χ0v) is 13.6. The number of ether oxygens (including phenoxy) is 1. The maximum Gasteiger partial charge on any atom is 0.340 e. The number of anilines is 1. The van der Waals surface area contributed by atoms with Crippen LogP contribution in [0.4, 0.5) is 5.82 Å². The predicted octanol–water partition coefficient (Wildman–Crippen LogP) is 3.96. The van der Waals surface area contributed by atoms with E-state index in [1.54, 1.807) is 13.0 Å². The molecule has 1 heterocycles. The fourth-order valence-electron chi connectivity index (χ4n) is 2.78. The molecule has 0 unspecified atom stereocenters. The number of esters is 1. The third-order valence-corrected chi connectivity index (χ3v) is 3.86. The summed E-state index contributed by atoms with van der Waals surface area (Å²) < 4.78 is 7.16. The number of hydrogen-bond donors (Lipinski definition) is 1. The Morgan fingerprint density at radius 3 is 2.29 bits per heavy atom. The third kappa shape index (κ3) is 3.18. The van der Waals surface area contributed by atoms with E-state index < -0.39 is 0 Å². The third-order valence-electron chi connectivity index (χ3n) is 3.86. The highest BCUT2D eigenvalue weighted by Crippen LogP contribution is 2.30. The van der Waals surface area contributed by atoms with Gasteiger partial charge in [-0.2, -0.15) is 0 Å². The van der Waals surface area contributed by atoms with Gasteiger partial charge in [-0.1, -0.05) is 60.7 Å². The second-order valence-corrected chi connectivity index (χ2v) is 5.49. The molecular weight excluding hydrogens is 300 g/mol. The highest BCUT2D eigenvalue weighted by molar-refractivity contribution is 5.98. The minimum absolute atomic E-state index is 0.330. The van der Waals surface area contributed by atoms with E-state index in [9.17, 15) is 4.79 Å². The Morgan fingerprint density at radius 2 is 1.67 bits per heavy atom. The Labute approximate surface area is 141 Å². The summed E-state index contributed by atoms with van der Waals surface area (Å²) in [7, 11) is 0. The second kappa shape index (κ2) is 7.04. The SMILES string of the molecule is CCOC(=O)c1cc(N)n(Cc2ccccc2)c1-c1ccccc1. The van der Waals surface area contributed by atoms with Crippen LogP contribution in [0.25, 0.3) is 11.3 Å². The Bertz CT molecular complexity index is 824. The van der Waals surface area contributed by atoms with Crippen LogP contribution in [0.3, 0.4) is 0 Å². The van der Waals surface area contributed by atoms with E-state index in [-0.39, 0.29) is 5.97 Å². The quantitative estimate of drug-likeness (QED) is 0.724. The van der Waals surface area contributed by atoms with Gasteiger partial charge in [-0.05, 0) is 24.1 Å². The first-order valence-corrected chi connectivity index (χ1v) is 7.96. The Balaban J connectivity index is 2.12. The average molecular weight is 320 g/mol. The fraction of sp³-hybridized carbons (Fsp3) is 0.150. The number of aromatic nitrogens is 1. The molecule has 0 aliphatic heterocycles.